The number of β-amino-alcohol motifs (C(OH)–C–C–N with tert-alkyl or cyclic N) is 1. The lowest BCUT2D eigenvalue weighted by Gasteiger charge is -2.34. The summed E-state index contributed by atoms with van der Waals surface area (Å²) >= 11 is 0. The molecule has 0 aliphatic carbocycles. The highest BCUT2D eigenvalue weighted by Crippen LogP contribution is 2.23. The van der Waals surface area contributed by atoms with Gasteiger partial charge in [0.1, 0.15) is 5.75 Å². The van der Waals surface area contributed by atoms with E-state index in [4.69, 9.17) is 0 Å². The minimum atomic E-state index is -0.477. The largest absolute Gasteiger partial charge is 0.507 e. The van der Waals surface area contributed by atoms with Gasteiger partial charge in [-0.15, -0.1) is 0 Å². The van der Waals surface area contributed by atoms with E-state index in [-0.39, 0.29) is 17.6 Å². The summed E-state index contributed by atoms with van der Waals surface area (Å²) in [5, 5.41) is 19.6. The molecule has 2 N–H and O–H groups in total. The molecule has 0 spiro atoms. The number of benzene rings is 1. The van der Waals surface area contributed by atoms with Gasteiger partial charge in [-0.3, -0.25) is 4.79 Å². The van der Waals surface area contributed by atoms with Crippen molar-refractivity contribution in [2.24, 2.45) is 5.92 Å². The van der Waals surface area contributed by atoms with Gasteiger partial charge in [-0.2, -0.15) is 0 Å². The third-order valence-electron chi connectivity index (χ3n) is 3.59. The molecular formula is C14H19NO3. The van der Waals surface area contributed by atoms with Gasteiger partial charge in [0.05, 0.1) is 11.7 Å². The normalized spacial score (nSPS) is 24.1. The van der Waals surface area contributed by atoms with Crippen LogP contribution in [0.2, 0.25) is 0 Å². The fourth-order valence-corrected chi connectivity index (χ4v) is 2.23. The highest BCUT2D eigenvalue weighted by Gasteiger charge is 2.28. The number of aliphatic hydroxyl groups excluding tert-OH is 1. The fourth-order valence-electron chi connectivity index (χ4n) is 2.23. The predicted molar refractivity (Wildman–Crippen MR) is 68.5 cm³/mol. The van der Waals surface area contributed by atoms with Crippen LogP contribution in [0.3, 0.4) is 0 Å². The number of hydrogen-bond acceptors (Lipinski definition) is 3. The number of carbonyl (C=O) groups is 1. The molecule has 4 heteroatoms. The molecule has 2 unspecified atom stereocenters. The molecule has 1 aromatic carbocycles. The van der Waals surface area contributed by atoms with Crippen LogP contribution in [0.15, 0.2) is 18.2 Å². The molecule has 1 heterocycles. The van der Waals surface area contributed by atoms with Crippen molar-refractivity contribution in [2.75, 3.05) is 13.1 Å². The first-order valence-electron chi connectivity index (χ1n) is 6.26. The van der Waals surface area contributed by atoms with E-state index in [2.05, 4.69) is 0 Å². The summed E-state index contributed by atoms with van der Waals surface area (Å²) in [6, 6.07) is 5.02. The standard InChI is InChI=1S/C14H19NO3/c1-9-3-4-11(12(16)7-9)14(18)15-6-5-10(2)13(17)8-15/h3-4,7,10,13,16-17H,5-6,8H2,1-2H3. The Morgan fingerprint density at radius 1 is 1.44 bits per heavy atom. The number of phenolic OH excluding ortho intramolecular Hbond substituents is 1. The lowest BCUT2D eigenvalue weighted by Crippen LogP contribution is -2.45. The SMILES string of the molecule is Cc1ccc(C(=O)N2CCC(C)C(O)C2)c(O)c1. The number of likely N-dealkylation sites (tertiary alicyclic amines) is 1. The van der Waals surface area contributed by atoms with Crippen molar-refractivity contribution in [2.45, 2.75) is 26.4 Å². The first kappa shape index (κ1) is 12.9. The smallest absolute Gasteiger partial charge is 0.257 e. The second kappa shape index (κ2) is 4.98. The van der Waals surface area contributed by atoms with Crippen molar-refractivity contribution in [1.29, 1.82) is 0 Å². The first-order chi connectivity index (χ1) is 8.49. The van der Waals surface area contributed by atoms with E-state index in [1.807, 2.05) is 13.8 Å². The maximum atomic E-state index is 12.2. The van der Waals surface area contributed by atoms with Gasteiger partial charge in [0.2, 0.25) is 0 Å². The first-order valence-corrected chi connectivity index (χ1v) is 6.26. The maximum absolute atomic E-state index is 12.2. The van der Waals surface area contributed by atoms with E-state index in [9.17, 15) is 15.0 Å². The van der Waals surface area contributed by atoms with E-state index in [0.29, 0.717) is 18.7 Å². The average Bonchev–Trinajstić information content (AvgIpc) is 2.32. The highest BCUT2D eigenvalue weighted by molar-refractivity contribution is 5.97. The molecule has 1 amide bonds. The average molecular weight is 249 g/mol. The number of carbonyl (C=O) groups excluding carboxylic acids is 1. The van der Waals surface area contributed by atoms with Crippen LogP contribution in [-0.4, -0.2) is 40.2 Å². The number of hydrogen-bond donors (Lipinski definition) is 2. The van der Waals surface area contributed by atoms with E-state index in [0.717, 1.165) is 12.0 Å². The summed E-state index contributed by atoms with van der Waals surface area (Å²) in [6.45, 7) is 4.81. The molecular weight excluding hydrogens is 230 g/mol. The Morgan fingerprint density at radius 3 is 2.78 bits per heavy atom. The van der Waals surface area contributed by atoms with E-state index >= 15 is 0 Å². The molecule has 0 bridgehead atoms. The van der Waals surface area contributed by atoms with E-state index < -0.39 is 6.10 Å². The zero-order valence-electron chi connectivity index (χ0n) is 10.8. The zero-order valence-corrected chi connectivity index (χ0v) is 10.8. The Labute approximate surface area is 107 Å². The molecule has 1 aliphatic heterocycles. The van der Waals surface area contributed by atoms with Gasteiger partial charge < -0.3 is 15.1 Å². The number of rotatable bonds is 1. The van der Waals surface area contributed by atoms with Crippen LogP contribution < -0.4 is 0 Å². The van der Waals surface area contributed by atoms with Crippen molar-refractivity contribution in [3.05, 3.63) is 29.3 Å². The predicted octanol–water partition coefficient (Wildman–Crippen LogP) is 1.54. The lowest BCUT2D eigenvalue weighted by molar-refractivity contribution is 0.0247. The molecule has 2 atom stereocenters. The van der Waals surface area contributed by atoms with Crippen LogP contribution in [0, 0.1) is 12.8 Å². The van der Waals surface area contributed by atoms with Crippen molar-refractivity contribution >= 4 is 5.91 Å². The number of aryl methyl sites for hydroxylation is 1. The molecule has 1 saturated heterocycles. The van der Waals surface area contributed by atoms with Crippen molar-refractivity contribution in [1.82, 2.24) is 4.90 Å². The van der Waals surface area contributed by atoms with Crippen LogP contribution in [0.5, 0.6) is 5.75 Å². The molecule has 1 aliphatic rings. The van der Waals surface area contributed by atoms with Crippen molar-refractivity contribution < 1.29 is 15.0 Å². The van der Waals surface area contributed by atoms with Crippen molar-refractivity contribution in [3.8, 4) is 5.75 Å². The fraction of sp³-hybridized carbons (Fsp3) is 0.500. The summed E-state index contributed by atoms with van der Waals surface area (Å²) in [6.07, 6.45) is 0.315. The summed E-state index contributed by atoms with van der Waals surface area (Å²) in [5.41, 5.74) is 1.22. The minimum Gasteiger partial charge on any atom is -0.507 e. The second-order valence-corrected chi connectivity index (χ2v) is 5.11. The van der Waals surface area contributed by atoms with Crippen LogP contribution in [0.25, 0.3) is 0 Å². The van der Waals surface area contributed by atoms with E-state index in [1.54, 1.807) is 23.1 Å². The topological polar surface area (TPSA) is 60.8 Å². The van der Waals surface area contributed by atoms with E-state index in [1.165, 1.54) is 0 Å². The van der Waals surface area contributed by atoms with Gasteiger partial charge in [0.15, 0.2) is 0 Å². The van der Waals surface area contributed by atoms with Crippen LogP contribution in [0.4, 0.5) is 0 Å². The van der Waals surface area contributed by atoms with Crippen LogP contribution in [-0.2, 0) is 0 Å². The molecule has 4 nitrogen and oxygen atoms in total. The molecule has 2 rings (SSSR count). The molecule has 1 fully saturated rings. The van der Waals surface area contributed by atoms with Gasteiger partial charge in [-0.1, -0.05) is 13.0 Å². The number of aliphatic hydroxyl groups is 1. The van der Waals surface area contributed by atoms with Gasteiger partial charge in [0, 0.05) is 13.1 Å². The van der Waals surface area contributed by atoms with Crippen LogP contribution in [0.1, 0.15) is 29.3 Å². The Kier molecular flexibility index (Phi) is 3.57. The third-order valence-corrected chi connectivity index (χ3v) is 3.59. The summed E-state index contributed by atoms with van der Waals surface area (Å²) in [7, 11) is 0. The number of piperidine rings is 1. The maximum Gasteiger partial charge on any atom is 0.257 e. The number of phenols is 1. The van der Waals surface area contributed by atoms with Crippen LogP contribution >= 0.6 is 0 Å². The summed E-state index contributed by atoms with van der Waals surface area (Å²) < 4.78 is 0. The Bertz CT molecular complexity index is 458. The lowest BCUT2D eigenvalue weighted by atomic mass is 9.95. The highest BCUT2D eigenvalue weighted by atomic mass is 16.3. The van der Waals surface area contributed by atoms with Gasteiger partial charge in [0.25, 0.3) is 5.91 Å². The Morgan fingerprint density at radius 2 is 2.17 bits per heavy atom. The molecule has 0 saturated carbocycles. The number of aromatic hydroxyl groups is 1. The minimum absolute atomic E-state index is 0.00751. The number of nitrogens with zero attached hydrogens (tertiary/aromatic N) is 1. The number of amides is 1. The second-order valence-electron chi connectivity index (χ2n) is 5.11. The Hall–Kier alpha value is -1.55. The van der Waals surface area contributed by atoms with Gasteiger partial charge in [-0.25, -0.2) is 0 Å². The quantitative estimate of drug-likeness (QED) is 0.793. The molecule has 1 aromatic rings. The zero-order chi connectivity index (χ0) is 13.3. The summed E-state index contributed by atoms with van der Waals surface area (Å²) in [4.78, 5) is 13.8. The van der Waals surface area contributed by atoms with Gasteiger partial charge >= 0.3 is 0 Å². The summed E-state index contributed by atoms with van der Waals surface area (Å²) in [5.74, 6) is 0.0206. The molecule has 98 valence electrons. The molecule has 0 radical (unpaired) electrons. The molecule has 18 heavy (non-hydrogen) atoms. The monoisotopic (exact) mass is 249 g/mol. The Balaban J connectivity index is 2.16. The van der Waals surface area contributed by atoms with Crippen molar-refractivity contribution in [3.63, 3.8) is 0 Å². The van der Waals surface area contributed by atoms with Gasteiger partial charge in [-0.05, 0) is 37.0 Å². The third kappa shape index (κ3) is 2.48. The molecule has 0 aromatic heterocycles.